The zero-order valence-corrected chi connectivity index (χ0v) is 14.0. The molecule has 3 heterocycles. The predicted molar refractivity (Wildman–Crippen MR) is 93.7 cm³/mol. The summed E-state index contributed by atoms with van der Waals surface area (Å²) in [6, 6.07) is 3.71. The van der Waals surface area contributed by atoms with Crippen LogP contribution in [0.5, 0.6) is 0 Å². The van der Waals surface area contributed by atoms with Gasteiger partial charge in [0, 0.05) is 25.8 Å². The average molecular weight is 348 g/mol. The van der Waals surface area contributed by atoms with Gasteiger partial charge >= 0.3 is 6.09 Å². The third-order valence-corrected chi connectivity index (χ3v) is 5.56. The molecule has 0 atom stereocenters. The van der Waals surface area contributed by atoms with Crippen molar-refractivity contribution >= 4 is 39.2 Å². The minimum absolute atomic E-state index is 0.410. The molecule has 0 bridgehead atoms. The van der Waals surface area contributed by atoms with Gasteiger partial charge in [-0.2, -0.15) is 0 Å². The Morgan fingerprint density at radius 3 is 2.83 bits per heavy atom. The number of pyridine rings is 1. The number of hydrogen-bond acceptors (Lipinski definition) is 5. The van der Waals surface area contributed by atoms with Crippen molar-refractivity contribution < 1.29 is 14.7 Å². The average Bonchev–Trinajstić information content (AvgIpc) is 3.00. The maximum atomic E-state index is 11.4. The second-order valence-corrected chi connectivity index (χ2v) is 7.03. The summed E-state index contributed by atoms with van der Waals surface area (Å²) >= 11 is 1.39. The Balaban J connectivity index is 1.67. The zero-order valence-electron chi connectivity index (χ0n) is 13.2. The van der Waals surface area contributed by atoms with Gasteiger partial charge in [0.15, 0.2) is 0 Å². The molecule has 0 saturated carbocycles. The topological polar surface area (TPSA) is 109 Å². The van der Waals surface area contributed by atoms with Gasteiger partial charge in [-0.25, -0.2) is 9.78 Å². The molecule has 4 N–H and O–H groups in total. The van der Waals surface area contributed by atoms with Crippen molar-refractivity contribution in [3.05, 3.63) is 23.2 Å². The number of carboxylic acid groups (broad SMARTS) is 1. The highest BCUT2D eigenvalue weighted by Crippen LogP contribution is 2.34. The van der Waals surface area contributed by atoms with E-state index in [1.165, 1.54) is 11.3 Å². The van der Waals surface area contributed by atoms with Gasteiger partial charge in [0.05, 0.1) is 9.58 Å². The molecule has 1 aliphatic rings. The predicted octanol–water partition coefficient (Wildman–Crippen LogP) is 2.27. The molecule has 2 amide bonds. The minimum Gasteiger partial charge on any atom is -0.465 e. The van der Waals surface area contributed by atoms with E-state index in [4.69, 9.17) is 10.8 Å². The van der Waals surface area contributed by atoms with Crippen molar-refractivity contribution in [2.45, 2.75) is 19.3 Å². The van der Waals surface area contributed by atoms with Crippen molar-refractivity contribution in [3.63, 3.8) is 0 Å². The van der Waals surface area contributed by atoms with Gasteiger partial charge in [0.2, 0.25) is 0 Å². The number of carbonyl (C=O) groups excluding carboxylic acids is 1. The van der Waals surface area contributed by atoms with E-state index < -0.39 is 12.0 Å². The van der Waals surface area contributed by atoms with Crippen molar-refractivity contribution in [2.24, 2.45) is 11.7 Å². The Bertz CT molecular complexity index is 753. The van der Waals surface area contributed by atoms with Crippen LogP contribution in [0.2, 0.25) is 0 Å². The largest absolute Gasteiger partial charge is 0.465 e. The second kappa shape index (κ2) is 7.04. The number of thiophene rings is 1. The third kappa shape index (κ3) is 3.59. The summed E-state index contributed by atoms with van der Waals surface area (Å²) < 4.78 is 0.997. The monoisotopic (exact) mass is 348 g/mol. The van der Waals surface area contributed by atoms with E-state index in [-0.39, 0.29) is 0 Å². The molecule has 128 valence electrons. The van der Waals surface area contributed by atoms with Gasteiger partial charge < -0.3 is 21.1 Å². The number of anilines is 1. The van der Waals surface area contributed by atoms with Crippen molar-refractivity contribution in [1.82, 2.24) is 10.3 Å². The van der Waals surface area contributed by atoms with Gasteiger partial charge in [-0.05, 0) is 42.7 Å². The molecule has 8 heteroatoms. The molecule has 1 aliphatic heterocycles. The standard InChI is InChI=1S/C16H20N4O3S/c17-14(21)12-9-11-2-6-18-15(13(11)24-12)20-7-3-10(4-8-20)1-5-19-16(22)23/h2,6,9-10,19H,1,3-5,7-8H2,(H2,17,21)(H,22,23). The molecule has 0 aromatic carbocycles. The number of piperidine rings is 1. The van der Waals surface area contributed by atoms with E-state index >= 15 is 0 Å². The molecule has 7 nitrogen and oxygen atoms in total. The summed E-state index contributed by atoms with van der Waals surface area (Å²) in [6.45, 7) is 2.27. The number of carbonyl (C=O) groups is 2. The number of fused-ring (bicyclic) bond motifs is 1. The Morgan fingerprint density at radius 1 is 1.42 bits per heavy atom. The zero-order chi connectivity index (χ0) is 17.1. The van der Waals surface area contributed by atoms with Crippen LogP contribution in [-0.2, 0) is 0 Å². The van der Waals surface area contributed by atoms with Crippen molar-refractivity contribution in [1.29, 1.82) is 0 Å². The number of amides is 2. The summed E-state index contributed by atoms with van der Waals surface area (Å²) in [6.07, 6.45) is 3.67. The molecule has 0 radical (unpaired) electrons. The van der Waals surface area contributed by atoms with Crippen LogP contribution in [-0.4, -0.2) is 41.7 Å². The lowest BCUT2D eigenvalue weighted by Gasteiger charge is -2.33. The van der Waals surface area contributed by atoms with Gasteiger partial charge in [0.1, 0.15) is 5.82 Å². The highest BCUT2D eigenvalue weighted by molar-refractivity contribution is 7.21. The van der Waals surface area contributed by atoms with Gasteiger partial charge in [0.25, 0.3) is 5.91 Å². The fraction of sp³-hybridized carbons (Fsp3) is 0.438. The van der Waals surface area contributed by atoms with E-state index in [1.807, 2.05) is 12.1 Å². The number of rotatable bonds is 5. The molecule has 2 aromatic rings. The normalized spacial score (nSPS) is 15.6. The lowest BCUT2D eigenvalue weighted by atomic mass is 9.93. The highest BCUT2D eigenvalue weighted by Gasteiger charge is 2.22. The maximum absolute atomic E-state index is 11.4. The van der Waals surface area contributed by atoms with Crippen LogP contribution in [0.3, 0.4) is 0 Å². The summed E-state index contributed by atoms with van der Waals surface area (Å²) in [7, 11) is 0. The first kappa shape index (κ1) is 16.5. The Labute approximate surface area is 143 Å². The van der Waals surface area contributed by atoms with Crippen LogP contribution < -0.4 is 16.0 Å². The van der Waals surface area contributed by atoms with Gasteiger partial charge in [-0.1, -0.05) is 0 Å². The molecule has 1 fully saturated rings. The first-order valence-electron chi connectivity index (χ1n) is 7.94. The number of nitrogens with one attached hydrogen (secondary N) is 1. The maximum Gasteiger partial charge on any atom is 0.404 e. The number of hydrogen-bond donors (Lipinski definition) is 3. The molecular formula is C16H20N4O3S. The first-order chi connectivity index (χ1) is 11.5. The lowest BCUT2D eigenvalue weighted by Crippen LogP contribution is -2.35. The molecule has 0 unspecified atom stereocenters. The Kier molecular flexibility index (Phi) is 4.84. The smallest absolute Gasteiger partial charge is 0.404 e. The van der Waals surface area contributed by atoms with Crippen LogP contribution in [0.4, 0.5) is 10.6 Å². The molecular weight excluding hydrogens is 328 g/mol. The molecule has 3 rings (SSSR count). The van der Waals surface area contributed by atoms with Crippen LogP contribution in [0.25, 0.3) is 10.1 Å². The summed E-state index contributed by atoms with van der Waals surface area (Å²) in [4.78, 5) is 29.2. The van der Waals surface area contributed by atoms with Crippen molar-refractivity contribution in [2.75, 3.05) is 24.5 Å². The molecule has 24 heavy (non-hydrogen) atoms. The molecule has 0 aliphatic carbocycles. The van der Waals surface area contributed by atoms with E-state index in [0.29, 0.717) is 17.3 Å². The number of aromatic nitrogens is 1. The number of nitrogens with zero attached hydrogens (tertiary/aromatic N) is 2. The molecule has 1 saturated heterocycles. The third-order valence-electron chi connectivity index (χ3n) is 4.40. The SMILES string of the molecule is NC(=O)c1cc2ccnc(N3CCC(CCNC(=O)O)CC3)c2s1. The Morgan fingerprint density at radius 2 is 2.17 bits per heavy atom. The Hall–Kier alpha value is -2.35. The fourth-order valence-electron chi connectivity index (χ4n) is 3.11. The summed E-state index contributed by atoms with van der Waals surface area (Å²) in [5.74, 6) is 1.02. The summed E-state index contributed by atoms with van der Waals surface area (Å²) in [5.41, 5.74) is 5.38. The molecule has 0 spiro atoms. The van der Waals surface area contributed by atoms with Crippen LogP contribution >= 0.6 is 11.3 Å². The molecule has 2 aromatic heterocycles. The first-order valence-corrected chi connectivity index (χ1v) is 8.76. The van der Waals surface area contributed by atoms with Crippen LogP contribution in [0.1, 0.15) is 28.9 Å². The van der Waals surface area contributed by atoms with E-state index in [1.54, 1.807) is 6.20 Å². The van der Waals surface area contributed by atoms with E-state index in [9.17, 15) is 9.59 Å². The van der Waals surface area contributed by atoms with Gasteiger partial charge in [-0.15, -0.1) is 11.3 Å². The minimum atomic E-state index is -0.966. The quantitative estimate of drug-likeness (QED) is 0.768. The summed E-state index contributed by atoms with van der Waals surface area (Å²) in [5, 5.41) is 12.0. The second-order valence-electron chi connectivity index (χ2n) is 5.98. The van der Waals surface area contributed by atoms with Crippen molar-refractivity contribution in [3.8, 4) is 0 Å². The number of nitrogens with two attached hydrogens (primary N) is 1. The fourth-order valence-corrected chi connectivity index (χ4v) is 4.14. The number of primary amides is 1. The van der Waals surface area contributed by atoms with Gasteiger partial charge in [-0.3, -0.25) is 4.79 Å². The van der Waals surface area contributed by atoms with Crippen LogP contribution in [0.15, 0.2) is 18.3 Å². The van der Waals surface area contributed by atoms with E-state index in [2.05, 4.69) is 15.2 Å². The lowest BCUT2D eigenvalue weighted by molar-refractivity contribution is 0.100. The van der Waals surface area contributed by atoms with E-state index in [0.717, 1.165) is 48.3 Å². The highest BCUT2D eigenvalue weighted by atomic mass is 32.1. The van der Waals surface area contributed by atoms with Crippen LogP contribution in [0, 0.1) is 5.92 Å².